The van der Waals surface area contributed by atoms with E-state index in [1.54, 1.807) is 12.1 Å². The van der Waals surface area contributed by atoms with Crippen molar-refractivity contribution >= 4 is 34.2 Å². The zero-order chi connectivity index (χ0) is 19.7. The normalized spacial score (nSPS) is 11.0. The Morgan fingerprint density at radius 2 is 1.71 bits per heavy atom. The molecule has 0 radical (unpaired) electrons. The molecule has 0 unspecified atom stereocenters. The highest BCUT2D eigenvalue weighted by molar-refractivity contribution is 6.42. The van der Waals surface area contributed by atoms with Crippen molar-refractivity contribution in [3.63, 3.8) is 0 Å². The molecule has 3 aromatic carbocycles. The molecule has 0 saturated heterocycles. The summed E-state index contributed by atoms with van der Waals surface area (Å²) >= 11 is 12.1. The van der Waals surface area contributed by atoms with Gasteiger partial charge in [0.05, 0.1) is 15.4 Å². The lowest BCUT2D eigenvalue weighted by Gasteiger charge is -2.14. The molecule has 28 heavy (non-hydrogen) atoms. The predicted molar refractivity (Wildman–Crippen MR) is 113 cm³/mol. The van der Waals surface area contributed by atoms with E-state index in [9.17, 15) is 4.79 Å². The molecule has 0 atom stereocenters. The summed E-state index contributed by atoms with van der Waals surface area (Å²) < 4.78 is 11.6. The zero-order valence-electron chi connectivity index (χ0n) is 15.0. The van der Waals surface area contributed by atoms with Crippen molar-refractivity contribution in [1.82, 2.24) is 0 Å². The van der Waals surface area contributed by atoms with Crippen molar-refractivity contribution in [3.8, 4) is 16.9 Å². The van der Waals surface area contributed by atoms with Gasteiger partial charge in [0.15, 0.2) is 0 Å². The minimum Gasteiger partial charge on any atom is -0.488 e. The molecular formula is C23H16Cl2O3. The quantitative estimate of drug-likeness (QED) is 0.353. The predicted octanol–water partition coefficient (Wildman–Crippen LogP) is 6.65. The third-order valence-electron chi connectivity index (χ3n) is 4.42. The van der Waals surface area contributed by atoms with Crippen LogP contribution in [-0.2, 0) is 6.61 Å². The summed E-state index contributed by atoms with van der Waals surface area (Å²) in [6, 6.07) is 20.4. The Morgan fingerprint density at radius 3 is 2.46 bits per heavy atom. The Kier molecular flexibility index (Phi) is 5.12. The molecule has 1 heterocycles. The minimum atomic E-state index is -0.396. The van der Waals surface area contributed by atoms with Crippen LogP contribution in [0.5, 0.6) is 5.75 Å². The summed E-state index contributed by atoms with van der Waals surface area (Å²) in [6.07, 6.45) is 0. The molecule has 140 valence electrons. The average molecular weight is 411 g/mol. The van der Waals surface area contributed by atoms with E-state index < -0.39 is 5.63 Å². The molecule has 0 N–H and O–H groups in total. The highest BCUT2D eigenvalue weighted by atomic mass is 35.5. The van der Waals surface area contributed by atoms with E-state index in [1.807, 2.05) is 55.5 Å². The van der Waals surface area contributed by atoms with Gasteiger partial charge in [0, 0.05) is 11.6 Å². The second-order valence-electron chi connectivity index (χ2n) is 6.52. The van der Waals surface area contributed by atoms with Gasteiger partial charge in [-0.25, -0.2) is 4.79 Å². The van der Waals surface area contributed by atoms with Crippen LogP contribution in [0.3, 0.4) is 0 Å². The van der Waals surface area contributed by atoms with Gasteiger partial charge in [0.1, 0.15) is 17.9 Å². The standard InChI is InChI=1S/C23H16Cl2O3/c1-14-9-20(27-13-15-7-8-18(24)19(25)11-15)23-17(16-5-3-2-4-6-16)12-22(26)28-21(23)10-14/h2-12H,13H2,1H3. The third-order valence-corrected chi connectivity index (χ3v) is 5.15. The van der Waals surface area contributed by atoms with Crippen LogP contribution in [-0.4, -0.2) is 0 Å². The van der Waals surface area contributed by atoms with Gasteiger partial charge in [0.25, 0.3) is 0 Å². The lowest BCUT2D eigenvalue weighted by atomic mass is 10.0. The van der Waals surface area contributed by atoms with Gasteiger partial charge in [-0.1, -0.05) is 59.6 Å². The van der Waals surface area contributed by atoms with Crippen molar-refractivity contribution < 1.29 is 9.15 Å². The molecule has 0 saturated carbocycles. The Bertz CT molecular complexity index is 1210. The number of benzene rings is 3. The first-order valence-electron chi connectivity index (χ1n) is 8.72. The van der Waals surface area contributed by atoms with Crippen molar-refractivity contribution in [2.75, 3.05) is 0 Å². The fourth-order valence-electron chi connectivity index (χ4n) is 3.14. The van der Waals surface area contributed by atoms with E-state index in [4.69, 9.17) is 32.4 Å². The van der Waals surface area contributed by atoms with Gasteiger partial charge < -0.3 is 9.15 Å². The molecule has 0 aliphatic heterocycles. The van der Waals surface area contributed by atoms with Gasteiger partial charge in [-0.3, -0.25) is 0 Å². The molecule has 4 rings (SSSR count). The number of halogens is 2. The van der Waals surface area contributed by atoms with Crippen molar-refractivity contribution in [1.29, 1.82) is 0 Å². The molecule has 3 nitrogen and oxygen atoms in total. The second-order valence-corrected chi connectivity index (χ2v) is 7.33. The molecule has 0 bridgehead atoms. The van der Waals surface area contributed by atoms with E-state index in [1.165, 1.54) is 6.07 Å². The molecule has 1 aromatic heterocycles. The fraction of sp³-hybridized carbons (Fsp3) is 0.0870. The Hall–Kier alpha value is -2.75. The maximum absolute atomic E-state index is 12.1. The van der Waals surface area contributed by atoms with Gasteiger partial charge in [-0.2, -0.15) is 0 Å². The molecule has 0 aliphatic carbocycles. The highest BCUT2D eigenvalue weighted by Crippen LogP contribution is 2.36. The van der Waals surface area contributed by atoms with Crippen molar-refractivity contribution in [2.24, 2.45) is 0 Å². The largest absolute Gasteiger partial charge is 0.488 e. The monoisotopic (exact) mass is 410 g/mol. The molecule has 5 heteroatoms. The van der Waals surface area contributed by atoms with E-state index >= 15 is 0 Å². The minimum absolute atomic E-state index is 0.308. The van der Waals surface area contributed by atoms with E-state index in [0.29, 0.717) is 28.0 Å². The maximum atomic E-state index is 12.1. The maximum Gasteiger partial charge on any atom is 0.336 e. The smallest absolute Gasteiger partial charge is 0.336 e. The Morgan fingerprint density at radius 1 is 0.929 bits per heavy atom. The van der Waals surface area contributed by atoms with Crippen LogP contribution in [0.15, 0.2) is 75.9 Å². The summed E-state index contributed by atoms with van der Waals surface area (Å²) in [7, 11) is 0. The number of hydrogen-bond donors (Lipinski definition) is 0. The number of hydrogen-bond acceptors (Lipinski definition) is 3. The van der Waals surface area contributed by atoms with Crippen LogP contribution in [0.4, 0.5) is 0 Å². The summed E-state index contributed by atoms with van der Waals surface area (Å²) in [6.45, 7) is 2.24. The summed E-state index contributed by atoms with van der Waals surface area (Å²) in [5.41, 5.74) is 3.62. The average Bonchev–Trinajstić information content (AvgIpc) is 2.68. The number of aryl methyl sites for hydroxylation is 1. The number of fused-ring (bicyclic) bond motifs is 1. The molecule has 4 aromatic rings. The zero-order valence-corrected chi connectivity index (χ0v) is 16.6. The van der Waals surface area contributed by atoms with Crippen LogP contribution in [0.2, 0.25) is 10.0 Å². The Labute approximate surface area is 172 Å². The molecule has 0 fully saturated rings. The third kappa shape index (κ3) is 3.77. The first kappa shape index (κ1) is 18.6. The van der Waals surface area contributed by atoms with Crippen LogP contribution in [0, 0.1) is 6.92 Å². The topological polar surface area (TPSA) is 39.4 Å². The summed E-state index contributed by atoms with van der Waals surface area (Å²) in [5, 5.41) is 1.74. The Balaban J connectivity index is 1.83. The number of rotatable bonds is 4. The molecule has 0 spiro atoms. The molecular weight excluding hydrogens is 395 g/mol. The van der Waals surface area contributed by atoms with Gasteiger partial charge in [0.2, 0.25) is 0 Å². The SMILES string of the molecule is Cc1cc(OCc2ccc(Cl)c(Cl)c2)c2c(-c3ccccc3)cc(=O)oc2c1. The summed E-state index contributed by atoms with van der Waals surface area (Å²) in [4.78, 5) is 12.1. The molecule has 0 aliphatic rings. The van der Waals surface area contributed by atoms with Gasteiger partial charge in [-0.15, -0.1) is 0 Å². The van der Waals surface area contributed by atoms with Crippen LogP contribution >= 0.6 is 23.2 Å². The molecule has 0 amide bonds. The lowest BCUT2D eigenvalue weighted by molar-refractivity contribution is 0.309. The highest BCUT2D eigenvalue weighted by Gasteiger charge is 2.14. The fourth-order valence-corrected chi connectivity index (χ4v) is 3.47. The number of ether oxygens (including phenoxy) is 1. The van der Waals surface area contributed by atoms with Crippen molar-refractivity contribution in [3.05, 3.63) is 98.3 Å². The lowest BCUT2D eigenvalue weighted by Crippen LogP contribution is -2.02. The van der Waals surface area contributed by atoms with Crippen LogP contribution in [0.25, 0.3) is 22.1 Å². The van der Waals surface area contributed by atoms with Crippen molar-refractivity contribution in [2.45, 2.75) is 13.5 Å². The summed E-state index contributed by atoms with van der Waals surface area (Å²) in [5.74, 6) is 0.642. The van der Waals surface area contributed by atoms with E-state index in [-0.39, 0.29) is 0 Å². The second kappa shape index (κ2) is 7.70. The van der Waals surface area contributed by atoms with Crippen LogP contribution in [0.1, 0.15) is 11.1 Å². The van der Waals surface area contributed by atoms with Gasteiger partial charge >= 0.3 is 5.63 Å². The van der Waals surface area contributed by atoms with E-state index in [2.05, 4.69) is 0 Å². The van der Waals surface area contributed by atoms with Gasteiger partial charge in [-0.05, 0) is 47.9 Å². The van der Waals surface area contributed by atoms with Crippen LogP contribution < -0.4 is 10.4 Å². The van der Waals surface area contributed by atoms with E-state index in [0.717, 1.165) is 27.6 Å². The first-order chi connectivity index (χ1) is 13.5. The first-order valence-corrected chi connectivity index (χ1v) is 9.47.